The Morgan fingerprint density at radius 1 is 1.12 bits per heavy atom. The van der Waals surface area contributed by atoms with Crippen molar-refractivity contribution in [2.75, 3.05) is 18.5 Å². The van der Waals surface area contributed by atoms with Crippen molar-refractivity contribution in [3.63, 3.8) is 0 Å². The monoisotopic (exact) mass is 329 g/mol. The Labute approximate surface area is 138 Å². The number of ether oxygens (including phenoxy) is 1. The van der Waals surface area contributed by atoms with E-state index in [1.165, 1.54) is 0 Å². The standard InChI is InChI=1S/C16H19N5O3/c1-8-4-12(23-20-8)5-11-6-22-7-13(11)19-15-14-9(2)21-24-16(14)18-10(3)17-15/h4,11,13H,5-7H2,1-3H3,(H,17,18,19)/t11-,13+/m0/s1. The molecule has 1 saturated heterocycles. The molecule has 4 rings (SSSR count). The molecule has 3 aromatic rings. The molecule has 0 unspecified atom stereocenters. The fourth-order valence-electron chi connectivity index (χ4n) is 3.11. The first-order valence-corrected chi connectivity index (χ1v) is 7.97. The largest absolute Gasteiger partial charge is 0.379 e. The molecule has 4 heterocycles. The van der Waals surface area contributed by atoms with E-state index in [-0.39, 0.29) is 12.0 Å². The zero-order chi connectivity index (χ0) is 16.7. The second-order valence-electron chi connectivity index (χ2n) is 6.25. The molecule has 1 fully saturated rings. The van der Waals surface area contributed by atoms with Gasteiger partial charge < -0.3 is 19.1 Å². The lowest BCUT2D eigenvalue weighted by Crippen LogP contribution is -2.29. The second kappa shape index (κ2) is 5.86. The molecule has 0 radical (unpaired) electrons. The van der Waals surface area contributed by atoms with Crippen LogP contribution in [-0.2, 0) is 11.2 Å². The molecule has 0 spiro atoms. The first-order valence-electron chi connectivity index (χ1n) is 7.97. The summed E-state index contributed by atoms with van der Waals surface area (Å²) in [6, 6.07) is 2.09. The van der Waals surface area contributed by atoms with E-state index in [0.717, 1.165) is 34.8 Å². The molecule has 0 saturated carbocycles. The molecule has 24 heavy (non-hydrogen) atoms. The van der Waals surface area contributed by atoms with Crippen LogP contribution in [0.4, 0.5) is 5.82 Å². The quantitative estimate of drug-likeness (QED) is 0.777. The maximum absolute atomic E-state index is 5.67. The van der Waals surface area contributed by atoms with Crippen molar-refractivity contribution in [3.05, 3.63) is 29.0 Å². The van der Waals surface area contributed by atoms with Gasteiger partial charge in [0.1, 0.15) is 22.8 Å². The molecule has 3 aromatic heterocycles. The molecular weight excluding hydrogens is 310 g/mol. The van der Waals surface area contributed by atoms with Crippen molar-refractivity contribution in [1.29, 1.82) is 0 Å². The van der Waals surface area contributed by atoms with Crippen LogP contribution in [0.15, 0.2) is 15.1 Å². The van der Waals surface area contributed by atoms with Crippen LogP contribution in [0.2, 0.25) is 0 Å². The van der Waals surface area contributed by atoms with Gasteiger partial charge in [0.25, 0.3) is 5.71 Å². The van der Waals surface area contributed by atoms with Gasteiger partial charge in [0.05, 0.1) is 30.6 Å². The highest BCUT2D eigenvalue weighted by Crippen LogP contribution is 2.28. The smallest absolute Gasteiger partial charge is 0.263 e. The van der Waals surface area contributed by atoms with Crippen molar-refractivity contribution in [2.45, 2.75) is 33.2 Å². The normalized spacial score (nSPS) is 20.8. The summed E-state index contributed by atoms with van der Waals surface area (Å²) >= 11 is 0. The van der Waals surface area contributed by atoms with Crippen LogP contribution in [-0.4, -0.2) is 39.5 Å². The van der Waals surface area contributed by atoms with Gasteiger partial charge in [-0.15, -0.1) is 0 Å². The molecule has 126 valence electrons. The molecular formula is C16H19N5O3. The molecule has 2 atom stereocenters. The highest BCUT2D eigenvalue weighted by molar-refractivity contribution is 5.87. The Morgan fingerprint density at radius 2 is 2.00 bits per heavy atom. The van der Waals surface area contributed by atoms with Crippen LogP contribution in [0, 0.1) is 26.7 Å². The molecule has 0 aliphatic carbocycles. The van der Waals surface area contributed by atoms with Gasteiger partial charge in [-0.05, 0) is 20.8 Å². The molecule has 0 aromatic carbocycles. The molecule has 1 N–H and O–H groups in total. The van der Waals surface area contributed by atoms with E-state index in [4.69, 9.17) is 13.8 Å². The highest BCUT2D eigenvalue weighted by Gasteiger charge is 2.31. The molecule has 8 heteroatoms. The summed E-state index contributed by atoms with van der Waals surface area (Å²) in [5.74, 6) is 2.54. The lowest BCUT2D eigenvalue weighted by Gasteiger charge is -2.19. The summed E-state index contributed by atoms with van der Waals surface area (Å²) in [4.78, 5) is 8.82. The van der Waals surface area contributed by atoms with Gasteiger partial charge in [-0.2, -0.15) is 4.98 Å². The summed E-state index contributed by atoms with van der Waals surface area (Å²) in [6.07, 6.45) is 0.772. The average Bonchev–Trinajstić information content (AvgIpc) is 3.23. The van der Waals surface area contributed by atoms with E-state index >= 15 is 0 Å². The molecule has 0 bridgehead atoms. The molecule has 0 amide bonds. The van der Waals surface area contributed by atoms with Gasteiger partial charge in [-0.25, -0.2) is 4.98 Å². The summed E-state index contributed by atoms with van der Waals surface area (Å²) in [5.41, 5.74) is 2.17. The Bertz CT molecular complexity index is 872. The Balaban J connectivity index is 1.59. The van der Waals surface area contributed by atoms with E-state index in [1.807, 2.05) is 26.8 Å². The second-order valence-corrected chi connectivity index (χ2v) is 6.25. The zero-order valence-electron chi connectivity index (χ0n) is 13.9. The van der Waals surface area contributed by atoms with E-state index in [2.05, 4.69) is 25.6 Å². The fourth-order valence-corrected chi connectivity index (χ4v) is 3.11. The number of hydrogen-bond acceptors (Lipinski definition) is 8. The van der Waals surface area contributed by atoms with Gasteiger partial charge >= 0.3 is 0 Å². The lowest BCUT2D eigenvalue weighted by atomic mass is 9.98. The third kappa shape index (κ3) is 2.73. The zero-order valence-corrected chi connectivity index (χ0v) is 13.9. The number of nitrogens with one attached hydrogen (secondary N) is 1. The minimum atomic E-state index is 0.127. The van der Waals surface area contributed by atoms with Crippen molar-refractivity contribution in [1.82, 2.24) is 20.3 Å². The topological polar surface area (TPSA) is 99.1 Å². The first-order chi connectivity index (χ1) is 11.6. The maximum atomic E-state index is 5.67. The Hall–Kier alpha value is -2.48. The van der Waals surface area contributed by atoms with E-state index < -0.39 is 0 Å². The van der Waals surface area contributed by atoms with E-state index in [1.54, 1.807) is 0 Å². The number of hydrogen-bond donors (Lipinski definition) is 1. The van der Waals surface area contributed by atoms with Crippen LogP contribution in [0.25, 0.3) is 11.1 Å². The van der Waals surface area contributed by atoms with Gasteiger partial charge in [0, 0.05) is 18.4 Å². The minimum Gasteiger partial charge on any atom is -0.379 e. The number of anilines is 1. The molecule has 1 aliphatic rings. The maximum Gasteiger partial charge on any atom is 0.263 e. The SMILES string of the molecule is Cc1cc(C[C@H]2COC[C@H]2Nc2nc(C)nc3onc(C)c23)on1. The van der Waals surface area contributed by atoms with Gasteiger partial charge in [0.15, 0.2) is 0 Å². The van der Waals surface area contributed by atoms with Gasteiger partial charge in [-0.3, -0.25) is 0 Å². The van der Waals surface area contributed by atoms with Crippen LogP contribution in [0.1, 0.15) is 23.0 Å². The average molecular weight is 329 g/mol. The Kier molecular flexibility index (Phi) is 3.68. The van der Waals surface area contributed by atoms with E-state index in [0.29, 0.717) is 24.8 Å². The third-order valence-corrected chi connectivity index (χ3v) is 4.28. The number of rotatable bonds is 4. The van der Waals surface area contributed by atoms with Crippen molar-refractivity contribution in [2.24, 2.45) is 5.92 Å². The summed E-state index contributed by atoms with van der Waals surface area (Å²) in [6.45, 7) is 6.93. The number of aryl methyl sites for hydroxylation is 3. The molecule has 8 nitrogen and oxygen atoms in total. The van der Waals surface area contributed by atoms with Crippen molar-refractivity contribution < 1.29 is 13.8 Å². The van der Waals surface area contributed by atoms with Crippen molar-refractivity contribution in [3.8, 4) is 0 Å². The van der Waals surface area contributed by atoms with Gasteiger partial charge in [-0.1, -0.05) is 10.3 Å². The molecule has 1 aliphatic heterocycles. The first kappa shape index (κ1) is 15.1. The van der Waals surface area contributed by atoms with Crippen LogP contribution in [0.5, 0.6) is 0 Å². The van der Waals surface area contributed by atoms with Crippen LogP contribution >= 0.6 is 0 Å². The Morgan fingerprint density at radius 3 is 2.79 bits per heavy atom. The summed E-state index contributed by atoms with van der Waals surface area (Å²) in [5, 5.41) is 12.2. The van der Waals surface area contributed by atoms with Crippen molar-refractivity contribution >= 4 is 16.9 Å². The summed E-state index contributed by atoms with van der Waals surface area (Å²) in [7, 11) is 0. The van der Waals surface area contributed by atoms with E-state index in [9.17, 15) is 0 Å². The predicted molar refractivity (Wildman–Crippen MR) is 85.7 cm³/mol. The number of fused-ring (bicyclic) bond motifs is 1. The number of aromatic nitrogens is 4. The fraction of sp³-hybridized carbons (Fsp3) is 0.500. The highest BCUT2D eigenvalue weighted by atomic mass is 16.5. The van der Waals surface area contributed by atoms with Crippen LogP contribution in [0.3, 0.4) is 0 Å². The van der Waals surface area contributed by atoms with Crippen LogP contribution < -0.4 is 5.32 Å². The number of nitrogens with zero attached hydrogens (tertiary/aromatic N) is 4. The van der Waals surface area contributed by atoms with Gasteiger partial charge in [0.2, 0.25) is 0 Å². The lowest BCUT2D eigenvalue weighted by molar-refractivity contribution is 0.183. The predicted octanol–water partition coefficient (Wildman–Crippen LogP) is 2.20. The third-order valence-electron chi connectivity index (χ3n) is 4.28. The minimum absolute atomic E-state index is 0.127. The summed E-state index contributed by atoms with van der Waals surface area (Å²) < 4.78 is 16.3.